The zero-order chi connectivity index (χ0) is 19.9. The minimum atomic E-state index is -0.974. The fraction of sp³-hybridized carbons (Fsp3) is 0.429. The topological polar surface area (TPSA) is 78.9 Å². The standard InChI is InChI=1S/C21H24N2O4S/c1-13-5-3-6-14(2)18(13)27-12-15(24)11-23-19(25)21(22-20(23)26)9-4-7-17-16(21)8-10-28-17/h3,5-6,8,10,15,24H,4,7,9,11-12H2,1-2H3,(H,22,26)/t15-,21-/m0/s1. The molecule has 0 bridgehead atoms. The van der Waals surface area contributed by atoms with Crippen LogP contribution in [0, 0.1) is 13.8 Å². The number of rotatable bonds is 5. The van der Waals surface area contributed by atoms with Crippen molar-refractivity contribution in [3.63, 3.8) is 0 Å². The normalized spacial score (nSPS) is 22.3. The van der Waals surface area contributed by atoms with Crippen LogP contribution in [0.15, 0.2) is 29.6 Å². The average Bonchev–Trinajstić information content (AvgIpc) is 3.22. The quantitative estimate of drug-likeness (QED) is 0.757. The number of carbonyl (C=O) groups excluding carboxylic acids is 2. The Kier molecular flexibility index (Phi) is 4.89. The molecule has 1 saturated heterocycles. The predicted molar refractivity (Wildman–Crippen MR) is 107 cm³/mol. The third-order valence-corrected chi connectivity index (χ3v) is 6.54. The molecule has 2 aromatic rings. The van der Waals surface area contributed by atoms with Gasteiger partial charge >= 0.3 is 6.03 Å². The summed E-state index contributed by atoms with van der Waals surface area (Å²) in [7, 11) is 0. The fourth-order valence-electron chi connectivity index (χ4n) is 4.18. The van der Waals surface area contributed by atoms with Crippen LogP contribution in [0.3, 0.4) is 0 Å². The highest BCUT2D eigenvalue weighted by Crippen LogP contribution is 2.42. The Labute approximate surface area is 168 Å². The number of ether oxygens (including phenoxy) is 1. The van der Waals surface area contributed by atoms with E-state index in [9.17, 15) is 14.7 Å². The van der Waals surface area contributed by atoms with Crippen molar-refractivity contribution in [1.82, 2.24) is 10.2 Å². The second-order valence-electron chi connectivity index (χ2n) is 7.55. The van der Waals surface area contributed by atoms with E-state index in [1.807, 2.05) is 43.5 Å². The first kappa shape index (κ1) is 19.0. The lowest BCUT2D eigenvalue weighted by atomic mass is 9.80. The molecule has 2 N–H and O–H groups in total. The van der Waals surface area contributed by atoms with Crippen molar-refractivity contribution in [1.29, 1.82) is 0 Å². The predicted octanol–water partition coefficient (Wildman–Crippen LogP) is 2.89. The summed E-state index contributed by atoms with van der Waals surface area (Å²) in [5, 5.41) is 15.3. The second kappa shape index (κ2) is 7.22. The van der Waals surface area contributed by atoms with E-state index in [1.54, 1.807) is 11.3 Å². The van der Waals surface area contributed by atoms with Crippen LogP contribution in [0.25, 0.3) is 0 Å². The van der Waals surface area contributed by atoms with Crippen LogP contribution in [0.4, 0.5) is 4.79 Å². The summed E-state index contributed by atoms with van der Waals surface area (Å²) in [5.74, 6) is 0.452. The van der Waals surface area contributed by atoms with Crippen molar-refractivity contribution in [2.75, 3.05) is 13.2 Å². The molecular weight excluding hydrogens is 376 g/mol. The number of nitrogens with one attached hydrogen (secondary N) is 1. The summed E-state index contributed by atoms with van der Waals surface area (Å²) in [4.78, 5) is 28.0. The number of thiophene rings is 1. The van der Waals surface area contributed by atoms with Crippen LogP contribution in [0.1, 0.15) is 34.4 Å². The van der Waals surface area contributed by atoms with Crippen molar-refractivity contribution < 1.29 is 19.4 Å². The molecule has 3 amide bonds. The van der Waals surface area contributed by atoms with Crippen molar-refractivity contribution in [2.45, 2.75) is 44.8 Å². The van der Waals surface area contributed by atoms with E-state index in [1.165, 1.54) is 0 Å². The van der Waals surface area contributed by atoms with Gasteiger partial charge < -0.3 is 15.2 Å². The lowest BCUT2D eigenvalue weighted by molar-refractivity contribution is -0.133. The van der Waals surface area contributed by atoms with Crippen LogP contribution in [-0.2, 0) is 16.8 Å². The maximum Gasteiger partial charge on any atom is 0.325 e. The zero-order valence-electron chi connectivity index (χ0n) is 16.0. The van der Waals surface area contributed by atoms with E-state index in [-0.39, 0.29) is 19.1 Å². The number of aryl methyl sites for hydroxylation is 3. The smallest absolute Gasteiger partial charge is 0.325 e. The average molecular weight is 401 g/mol. The molecule has 2 aliphatic rings. The summed E-state index contributed by atoms with van der Waals surface area (Å²) >= 11 is 1.62. The SMILES string of the molecule is Cc1cccc(C)c1OC[C@@H](O)CN1C(=O)N[C@]2(CCCc3sccc32)C1=O. The number of fused-ring (bicyclic) bond motifs is 2. The number of hydrogen-bond donors (Lipinski definition) is 2. The van der Waals surface area contributed by atoms with E-state index >= 15 is 0 Å². The first-order valence-electron chi connectivity index (χ1n) is 9.50. The van der Waals surface area contributed by atoms with Gasteiger partial charge in [-0.15, -0.1) is 11.3 Å². The number of carbonyl (C=O) groups is 2. The first-order chi connectivity index (χ1) is 13.4. The molecular formula is C21H24N2O4S. The summed E-state index contributed by atoms with van der Waals surface area (Å²) in [6, 6.07) is 7.31. The number of imide groups is 1. The highest BCUT2D eigenvalue weighted by molar-refractivity contribution is 7.10. The molecule has 7 heteroatoms. The number of hydrogen-bond acceptors (Lipinski definition) is 5. The summed E-state index contributed by atoms with van der Waals surface area (Å²) in [5.41, 5.74) is 1.89. The number of amides is 3. The van der Waals surface area contributed by atoms with Crippen molar-refractivity contribution in [3.8, 4) is 5.75 Å². The molecule has 2 heterocycles. The minimum absolute atomic E-state index is 0.0133. The van der Waals surface area contributed by atoms with Crippen LogP contribution in [0.2, 0.25) is 0 Å². The second-order valence-corrected chi connectivity index (χ2v) is 8.55. The molecule has 4 rings (SSSR count). The molecule has 1 spiro atoms. The number of aliphatic hydroxyl groups excluding tert-OH is 1. The van der Waals surface area contributed by atoms with Gasteiger partial charge in [-0.1, -0.05) is 18.2 Å². The van der Waals surface area contributed by atoms with E-state index in [0.717, 1.165) is 45.1 Å². The zero-order valence-corrected chi connectivity index (χ0v) is 16.8. The van der Waals surface area contributed by atoms with Gasteiger partial charge in [0.2, 0.25) is 0 Å². The Balaban J connectivity index is 1.46. The Morgan fingerprint density at radius 2 is 2.04 bits per heavy atom. The molecule has 6 nitrogen and oxygen atoms in total. The van der Waals surface area contributed by atoms with Crippen molar-refractivity contribution in [2.24, 2.45) is 0 Å². The summed E-state index contributed by atoms with van der Waals surface area (Å²) in [6.45, 7) is 3.81. The Morgan fingerprint density at radius 3 is 2.79 bits per heavy atom. The third kappa shape index (κ3) is 3.08. The number of urea groups is 1. The lowest BCUT2D eigenvalue weighted by Crippen LogP contribution is -2.46. The number of para-hydroxylation sites is 1. The Morgan fingerprint density at radius 1 is 1.29 bits per heavy atom. The maximum atomic E-state index is 13.2. The van der Waals surface area contributed by atoms with E-state index in [2.05, 4.69) is 5.32 Å². The highest BCUT2D eigenvalue weighted by Gasteiger charge is 2.54. The van der Waals surface area contributed by atoms with Crippen LogP contribution in [-0.4, -0.2) is 41.2 Å². The fourth-order valence-corrected chi connectivity index (χ4v) is 5.18. The molecule has 148 valence electrons. The van der Waals surface area contributed by atoms with E-state index in [4.69, 9.17) is 4.74 Å². The Bertz CT molecular complexity index is 905. The van der Waals surface area contributed by atoms with Crippen molar-refractivity contribution >= 4 is 23.3 Å². The molecule has 1 fully saturated rings. The van der Waals surface area contributed by atoms with Gasteiger partial charge in [-0.3, -0.25) is 9.69 Å². The van der Waals surface area contributed by atoms with Gasteiger partial charge in [0.25, 0.3) is 5.91 Å². The van der Waals surface area contributed by atoms with E-state index < -0.39 is 17.7 Å². The first-order valence-corrected chi connectivity index (χ1v) is 10.4. The van der Waals surface area contributed by atoms with Crippen LogP contribution >= 0.6 is 11.3 Å². The van der Waals surface area contributed by atoms with Gasteiger partial charge in [-0.25, -0.2) is 4.79 Å². The molecule has 0 unspecified atom stereocenters. The lowest BCUT2D eigenvalue weighted by Gasteiger charge is -2.31. The molecule has 1 aromatic heterocycles. The molecule has 1 aromatic carbocycles. The highest BCUT2D eigenvalue weighted by atomic mass is 32.1. The van der Waals surface area contributed by atoms with Gasteiger partial charge in [-0.05, 0) is 55.7 Å². The van der Waals surface area contributed by atoms with Crippen LogP contribution < -0.4 is 10.1 Å². The van der Waals surface area contributed by atoms with Gasteiger partial charge in [0.05, 0.1) is 6.54 Å². The summed E-state index contributed by atoms with van der Waals surface area (Å²) in [6.07, 6.45) is 1.41. The third-order valence-electron chi connectivity index (χ3n) is 5.56. The number of aliphatic hydroxyl groups is 1. The monoisotopic (exact) mass is 400 g/mol. The Hall–Kier alpha value is -2.38. The van der Waals surface area contributed by atoms with Gasteiger partial charge in [0, 0.05) is 10.4 Å². The molecule has 28 heavy (non-hydrogen) atoms. The molecule has 2 atom stereocenters. The minimum Gasteiger partial charge on any atom is -0.490 e. The number of benzene rings is 1. The van der Waals surface area contributed by atoms with Crippen molar-refractivity contribution in [3.05, 3.63) is 51.2 Å². The largest absolute Gasteiger partial charge is 0.490 e. The molecule has 1 aliphatic heterocycles. The maximum absolute atomic E-state index is 13.2. The van der Waals surface area contributed by atoms with E-state index in [0.29, 0.717) is 6.42 Å². The molecule has 0 radical (unpaired) electrons. The number of β-amino-alcohol motifs (C(OH)–C–C–N with tert-alkyl or cyclic N) is 1. The van der Waals surface area contributed by atoms with Gasteiger partial charge in [0.1, 0.15) is 24.0 Å². The summed E-state index contributed by atoms with van der Waals surface area (Å²) < 4.78 is 5.77. The molecule has 0 saturated carbocycles. The number of nitrogens with zero attached hydrogens (tertiary/aromatic N) is 1. The van der Waals surface area contributed by atoms with Gasteiger partial charge in [0.15, 0.2) is 0 Å². The van der Waals surface area contributed by atoms with Gasteiger partial charge in [-0.2, -0.15) is 0 Å². The molecule has 1 aliphatic carbocycles. The van der Waals surface area contributed by atoms with Crippen LogP contribution in [0.5, 0.6) is 5.75 Å².